The minimum Gasteiger partial charge on any atom is -0.369 e. The van der Waals surface area contributed by atoms with Crippen LogP contribution >= 0.6 is 0 Å². The lowest BCUT2D eigenvalue weighted by Gasteiger charge is -2.26. The molecule has 0 fully saturated rings. The normalized spacial score (nSPS) is 13.3. The number of hydrogen-bond acceptors (Lipinski definition) is 2. The zero-order valence-corrected chi connectivity index (χ0v) is 25.7. The molecule has 2 radical (unpaired) electrons. The third-order valence-electron chi connectivity index (χ3n) is 9.69. The van der Waals surface area contributed by atoms with Crippen LogP contribution < -0.4 is 4.90 Å². The van der Waals surface area contributed by atoms with Gasteiger partial charge in [0.1, 0.15) is 0 Å². The van der Waals surface area contributed by atoms with E-state index in [1.54, 1.807) is 0 Å². The van der Waals surface area contributed by atoms with Crippen LogP contribution in [0.4, 0.5) is 5.69 Å². The largest absolute Gasteiger partial charge is 0.369 e. The maximum absolute atomic E-state index is 4.91. The highest BCUT2D eigenvalue weighted by molar-refractivity contribution is 6.25. The van der Waals surface area contributed by atoms with Crippen molar-refractivity contribution in [3.63, 3.8) is 0 Å². The molecule has 214 valence electrons. The number of benzene rings is 7. The molecule has 0 N–H and O–H groups in total. The number of aliphatic imine (C=N–C) groups is 1. The Kier molecular flexibility index (Phi) is 5.77. The highest BCUT2D eigenvalue weighted by atomic mass is 15.1. The molecule has 0 spiro atoms. The van der Waals surface area contributed by atoms with E-state index in [2.05, 4.69) is 147 Å². The third-order valence-corrected chi connectivity index (χ3v) is 9.69. The predicted molar refractivity (Wildman–Crippen MR) is 191 cm³/mol. The smallest absolute Gasteiger partial charge is 0.0739 e. The third kappa shape index (κ3) is 4.05. The maximum atomic E-state index is 4.91. The average molecular weight is 577 g/mol. The van der Waals surface area contributed by atoms with Crippen molar-refractivity contribution in [3.8, 4) is 11.1 Å². The molecule has 7 aromatic rings. The van der Waals surface area contributed by atoms with Crippen LogP contribution in [0.5, 0.6) is 0 Å². The Morgan fingerprint density at radius 2 is 1.33 bits per heavy atom. The fourth-order valence-corrected chi connectivity index (χ4v) is 7.58. The van der Waals surface area contributed by atoms with Crippen LogP contribution in [0.25, 0.3) is 43.4 Å². The lowest BCUT2D eigenvalue weighted by atomic mass is 9.90. The van der Waals surface area contributed by atoms with Crippen LogP contribution in [-0.4, -0.2) is 19.8 Å². The van der Waals surface area contributed by atoms with Crippen LogP contribution in [0, 0.1) is 19.8 Å². The summed E-state index contributed by atoms with van der Waals surface area (Å²) in [5.74, 6) is 0. The zero-order valence-electron chi connectivity index (χ0n) is 25.7. The molecule has 0 aliphatic heterocycles. The Labute approximate surface area is 264 Å². The predicted octanol–water partition coefficient (Wildman–Crippen LogP) is 10.1. The Bertz CT molecular complexity index is 2360. The summed E-state index contributed by atoms with van der Waals surface area (Å²) in [6.45, 7) is 3.05. The number of rotatable bonds is 6. The van der Waals surface area contributed by atoms with E-state index in [0.717, 1.165) is 17.8 Å². The van der Waals surface area contributed by atoms with E-state index in [4.69, 9.17) is 4.99 Å². The topological polar surface area (TPSA) is 15.6 Å². The summed E-state index contributed by atoms with van der Waals surface area (Å²) in [6.07, 6.45) is 4.70. The van der Waals surface area contributed by atoms with Crippen molar-refractivity contribution in [1.82, 2.24) is 0 Å². The van der Waals surface area contributed by atoms with E-state index < -0.39 is 0 Å². The highest BCUT2D eigenvalue weighted by Crippen LogP contribution is 2.52. The van der Waals surface area contributed by atoms with Crippen molar-refractivity contribution in [2.24, 2.45) is 4.99 Å². The maximum Gasteiger partial charge on any atom is 0.0739 e. The summed E-state index contributed by atoms with van der Waals surface area (Å²) in [5.41, 5.74) is 15.2. The monoisotopic (exact) mass is 576 g/mol. The summed E-state index contributed by atoms with van der Waals surface area (Å²) in [4.78, 5) is 7.33. The molecule has 2 aliphatic carbocycles. The lowest BCUT2D eigenvalue weighted by molar-refractivity contribution is 0.927. The van der Waals surface area contributed by atoms with Gasteiger partial charge in [-0.2, -0.15) is 0 Å². The molecule has 2 aliphatic rings. The van der Waals surface area contributed by atoms with E-state index in [0.29, 0.717) is 0 Å². The van der Waals surface area contributed by atoms with Crippen molar-refractivity contribution >= 4 is 43.7 Å². The molecule has 0 atom stereocenters. The lowest BCUT2D eigenvalue weighted by Crippen LogP contribution is -2.20. The molecule has 0 heterocycles. The van der Waals surface area contributed by atoms with Gasteiger partial charge in [-0.15, -0.1) is 0 Å². The molecule has 0 bridgehead atoms. The van der Waals surface area contributed by atoms with Gasteiger partial charge in [0.05, 0.1) is 11.4 Å². The standard InChI is InChI=1S/C43H32N2/c1-26-12-10-18-32-35-23-34(35)31-21-20-29(22-36(31)39(26)32)30-17-11-19-33-40(30)37-24-38(37)41(42(44-2)28-15-8-5-9-16-28)43(33)45(3)25-27-13-6-4-7-14-27/h4-24H,25H2,1-3H3. The van der Waals surface area contributed by atoms with Crippen molar-refractivity contribution in [3.05, 3.63) is 173 Å². The first-order valence-electron chi connectivity index (χ1n) is 15.7. The summed E-state index contributed by atoms with van der Waals surface area (Å²) >= 11 is 0. The fraction of sp³-hybridized carbons (Fsp3) is 0.0930. The minimum absolute atomic E-state index is 0.806. The number of anilines is 1. The van der Waals surface area contributed by atoms with Crippen molar-refractivity contribution in [2.75, 3.05) is 19.0 Å². The second-order valence-electron chi connectivity index (χ2n) is 12.4. The van der Waals surface area contributed by atoms with Gasteiger partial charge in [-0.3, -0.25) is 4.99 Å². The highest BCUT2D eigenvalue weighted by Gasteiger charge is 2.34. The molecule has 9 rings (SSSR count). The van der Waals surface area contributed by atoms with Crippen LogP contribution in [0.3, 0.4) is 0 Å². The van der Waals surface area contributed by atoms with E-state index >= 15 is 0 Å². The van der Waals surface area contributed by atoms with Gasteiger partial charge in [0.15, 0.2) is 0 Å². The van der Waals surface area contributed by atoms with Crippen LogP contribution in [0.15, 0.2) is 120 Å². The van der Waals surface area contributed by atoms with Crippen molar-refractivity contribution < 1.29 is 0 Å². The molecule has 0 aromatic heterocycles. The molecule has 45 heavy (non-hydrogen) atoms. The number of nitrogens with zero attached hydrogens (tertiary/aromatic N) is 2. The Morgan fingerprint density at radius 3 is 2.13 bits per heavy atom. The summed E-state index contributed by atoms with van der Waals surface area (Å²) in [7, 11) is 4.14. The Balaban J connectivity index is 1.30. The van der Waals surface area contributed by atoms with E-state index in [9.17, 15) is 0 Å². The first-order chi connectivity index (χ1) is 22.1. The Morgan fingerprint density at radius 1 is 0.622 bits per heavy atom. The molecule has 0 unspecified atom stereocenters. The van der Waals surface area contributed by atoms with E-state index in [-0.39, 0.29) is 0 Å². The average Bonchev–Trinajstić information content (AvgIpc) is 4.00. The van der Waals surface area contributed by atoms with Crippen molar-refractivity contribution in [2.45, 2.75) is 13.5 Å². The van der Waals surface area contributed by atoms with E-state index in [1.807, 2.05) is 7.05 Å². The molecule has 0 amide bonds. The molecule has 0 saturated carbocycles. The first kappa shape index (κ1) is 26.2. The molecule has 7 aromatic carbocycles. The van der Waals surface area contributed by atoms with E-state index in [1.165, 1.54) is 88.1 Å². The molecular formula is C43H32N2. The molecule has 2 nitrogen and oxygen atoms in total. The van der Waals surface area contributed by atoms with Gasteiger partial charge in [-0.05, 0) is 84.4 Å². The van der Waals surface area contributed by atoms with Gasteiger partial charge in [0.25, 0.3) is 0 Å². The first-order valence-corrected chi connectivity index (χ1v) is 15.7. The molecule has 2 heteroatoms. The summed E-state index contributed by atoms with van der Waals surface area (Å²) < 4.78 is 0. The van der Waals surface area contributed by atoms with Crippen molar-refractivity contribution in [1.29, 1.82) is 0 Å². The van der Waals surface area contributed by atoms with Crippen LogP contribution in [0.1, 0.15) is 44.5 Å². The van der Waals surface area contributed by atoms with Gasteiger partial charge in [-0.25, -0.2) is 0 Å². The second kappa shape index (κ2) is 9.90. The van der Waals surface area contributed by atoms with Gasteiger partial charge >= 0.3 is 0 Å². The minimum atomic E-state index is 0.806. The SMILES string of the molecule is CN=C(c1ccccc1)c1c2c(c3c(-c4ccc5c6c(c7cccc(C)c7c5c4)[CH]6)cccc3c1N(C)Cc1ccccc1)[CH]2. The quantitative estimate of drug-likeness (QED) is 0.142. The van der Waals surface area contributed by atoms with Gasteiger partial charge < -0.3 is 4.90 Å². The fourth-order valence-electron chi connectivity index (χ4n) is 7.58. The van der Waals surface area contributed by atoms with Crippen LogP contribution in [0.2, 0.25) is 0 Å². The van der Waals surface area contributed by atoms with Gasteiger partial charge in [0, 0.05) is 50.0 Å². The van der Waals surface area contributed by atoms with Gasteiger partial charge in [0.2, 0.25) is 0 Å². The number of aryl methyl sites for hydroxylation is 1. The second-order valence-corrected chi connectivity index (χ2v) is 12.4. The summed E-state index contributed by atoms with van der Waals surface area (Å²) in [6, 6.07) is 42.0. The zero-order chi connectivity index (χ0) is 30.2. The summed E-state index contributed by atoms with van der Waals surface area (Å²) in [5, 5.41) is 8.04. The number of hydrogen-bond donors (Lipinski definition) is 0. The Hall–Kier alpha value is -5.21. The van der Waals surface area contributed by atoms with Gasteiger partial charge in [-0.1, -0.05) is 109 Å². The molecule has 0 saturated heterocycles. The molecular weight excluding hydrogens is 544 g/mol. The van der Waals surface area contributed by atoms with Crippen LogP contribution in [-0.2, 0) is 6.54 Å². The number of fused-ring (bicyclic) bond motifs is 9.